The molecule has 0 aromatic heterocycles. The maximum Gasteiger partial charge on any atom is 0.226 e. The van der Waals surface area contributed by atoms with E-state index in [1.807, 2.05) is 0 Å². The number of nitrogens with zero attached hydrogens (tertiary/aromatic N) is 1. The SMILES string of the molecule is O=C(C1CCS(=O)(=O)C1)N1CCCC(CO)C1. The highest BCUT2D eigenvalue weighted by atomic mass is 32.2. The van der Waals surface area contributed by atoms with E-state index >= 15 is 0 Å². The summed E-state index contributed by atoms with van der Waals surface area (Å²) in [5.74, 6) is -0.0836. The van der Waals surface area contributed by atoms with E-state index in [0.717, 1.165) is 12.8 Å². The number of carbonyl (C=O) groups is 1. The van der Waals surface area contributed by atoms with E-state index in [9.17, 15) is 13.2 Å². The number of aliphatic hydroxyl groups is 1. The van der Waals surface area contributed by atoms with Crippen molar-refractivity contribution in [1.29, 1.82) is 0 Å². The Balaban J connectivity index is 1.96. The minimum absolute atomic E-state index is 0.00608. The molecule has 0 spiro atoms. The molecule has 2 rings (SSSR count). The number of carbonyl (C=O) groups excluding carboxylic acids is 1. The molecule has 2 unspecified atom stereocenters. The van der Waals surface area contributed by atoms with E-state index in [0.29, 0.717) is 19.5 Å². The van der Waals surface area contributed by atoms with Crippen LogP contribution in [0.1, 0.15) is 19.3 Å². The molecule has 6 heteroatoms. The smallest absolute Gasteiger partial charge is 0.226 e. The summed E-state index contributed by atoms with van der Waals surface area (Å²) in [6.45, 7) is 1.38. The van der Waals surface area contributed by atoms with Gasteiger partial charge in [-0.2, -0.15) is 0 Å². The van der Waals surface area contributed by atoms with E-state index in [1.54, 1.807) is 4.90 Å². The largest absolute Gasteiger partial charge is 0.396 e. The van der Waals surface area contributed by atoms with Crippen molar-refractivity contribution in [3.8, 4) is 0 Å². The molecule has 5 nitrogen and oxygen atoms in total. The van der Waals surface area contributed by atoms with E-state index < -0.39 is 9.84 Å². The summed E-state index contributed by atoms with van der Waals surface area (Å²) in [6, 6.07) is 0. The Bertz CT molecular complexity index is 392. The van der Waals surface area contributed by atoms with Gasteiger partial charge in [0.25, 0.3) is 0 Å². The van der Waals surface area contributed by atoms with E-state index in [4.69, 9.17) is 5.11 Å². The van der Waals surface area contributed by atoms with Gasteiger partial charge in [0, 0.05) is 19.7 Å². The van der Waals surface area contributed by atoms with Crippen LogP contribution in [0.4, 0.5) is 0 Å². The van der Waals surface area contributed by atoms with Gasteiger partial charge in [0.2, 0.25) is 5.91 Å². The second-order valence-corrected chi connectivity index (χ2v) is 7.30. The highest BCUT2D eigenvalue weighted by Gasteiger charge is 2.36. The van der Waals surface area contributed by atoms with Crippen molar-refractivity contribution in [2.75, 3.05) is 31.2 Å². The maximum atomic E-state index is 12.1. The van der Waals surface area contributed by atoms with Crippen LogP contribution in [-0.2, 0) is 14.6 Å². The highest BCUT2D eigenvalue weighted by Crippen LogP contribution is 2.24. The fourth-order valence-corrected chi connectivity index (χ4v) is 4.39. The molecule has 98 valence electrons. The summed E-state index contributed by atoms with van der Waals surface area (Å²) < 4.78 is 22.7. The predicted octanol–water partition coefficient (Wildman–Crippen LogP) is -0.348. The van der Waals surface area contributed by atoms with Crippen LogP contribution in [0.25, 0.3) is 0 Å². The van der Waals surface area contributed by atoms with Crippen LogP contribution in [0.2, 0.25) is 0 Å². The first kappa shape index (κ1) is 12.8. The lowest BCUT2D eigenvalue weighted by Crippen LogP contribution is -2.44. The lowest BCUT2D eigenvalue weighted by atomic mass is 9.97. The van der Waals surface area contributed by atoms with Crippen molar-refractivity contribution in [1.82, 2.24) is 4.90 Å². The Labute approximate surface area is 102 Å². The number of hydrogen-bond acceptors (Lipinski definition) is 4. The van der Waals surface area contributed by atoms with Crippen LogP contribution in [0.5, 0.6) is 0 Å². The topological polar surface area (TPSA) is 74.7 Å². The molecule has 17 heavy (non-hydrogen) atoms. The van der Waals surface area contributed by atoms with Crippen molar-refractivity contribution in [2.45, 2.75) is 19.3 Å². The second-order valence-electron chi connectivity index (χ2n) is 5.08. The van der Waals surface area contributed by atoms with Crippen molar-refractivity contribution < 1.29 is 18.3 Å². The first-order valence-corrected chi connectivity index (χ1v) is 7.94. The monoisotopic (exact) mass is 261 g/mol. The lowest BCUT2D eigenvalue weighted by molar-refractivity contribution is -0.136. The fraction of sp³-hybridized carbons (Fsp3) is 0.909. The molecule has 0 radical (unpaired) electrons. The van der Waals surface area contributed by atoms with Crippen LogP contribution >= 0.6 is 0 Å². The van der Waals surface area contributed by atoms with Crippen LogP contribution in [0, 0.1) is 11.8 Å². The maximum absolute atomic E-state index is 12.1. The van der Waals surface area contributed by atoms with Crippen LogP contribution in [0.3, 0.4) is 0 Å². The Morgan fingerprint density at radius 1 is 1.35 bits per heavy atom. The quantitative estimate of drug-likeness (QED) is 0.737. The average Bonchev–Trinajstić information content (AvgIpc) is 2.69. The number of aliphatic hydroxyl groups excluding tert-OH is 1. The Morgan fingerprint density at radius 3 is 2.71 bits per heavy atom. The van der Waals surface area contributed by atoms with Gasteiger partial charge in [-0.3, -0.25) is 4.79 Å². The first-order valence-electron chi connectivity index (χ1n) is 6.12. The third-order valence-electron chi connectivity index (χ3n) is 3.67. The molecule has 2 saturated heterocycles. The molecule has 2 aliphatic rings. The zero-order valence-corrected chi connectivity index (χ0v) is 10.7. The van der Waals surface area contributed by atoms with Gasteiger partial charge in [0.05, 0.1) is 17.4 Å². The Kier molecular flexibility index (Phi) is 3.73. The molecule has 1 amide bonds. The van der Waals surface area contributed by atoms with Crippen LogP contribution < -0.4 is 0 Å². The predicted molar refractivity (Wildman–Crippen MR) is 63.2 cm³/mol. The zero-order chi connectivity index (χ0) is 12.5. The third kappa shape index (κ3) is 2.98. The number of sulfone groups is 1. The molecule has 0 aromatic carbocycles. The third-order valence-corrected chi connectivity index (χ3v) is 5.44. The lowest BCUT2D eigenvalue weighted by Gasteiger charge is -2.33. The molecular formula is C11H19NO4S. The van der Waals surface area contributed by atoms with Gasteiger partial charge in [-0.1, -0.05) is 0 Å². The number of amides is 1. The summed E-state index contributed by atoms with van der Waals surface area (Å²) in [7, 11) is -3.00. The summed E-state index contributed by atoms with van der Waals surface area (Å²) in [6.07, 6.45) is 2.31. The van der Waals surface area contributed by atoms with Crippen LogP contribution in [-0.4, -0.2) is 55.5 Å². The minimum Gasteiger partial charge on any atom is -0.396 e. The van der Waals surface area contributed by atoms with Gasteiger partial charge in [0.1, 0.15) is 0 Å². The number of rotatable bonds is 2. The summed E-state index contributed by atoms with van der Waals surface area (Å²) >= 11 is 0. The molecule has 0 bridgehead atoms. The van der Waals surface area contributed by atoms with Gasteiger partial charge in [0.15, 0.2) is 9.84 Å². The average molecular weight is 261 g/mol. The summed E-state index contributed by atoms with van der Waals surface area (Å²) in [5.41, 5.74) is 0. The summed E-state index contributed by atoms with van der Waals surface area (Å²) in [5, 5.41) is 9.11. The van der Waals surface area contributed by atoms with Gasteiger partial charge in [-0.15, -0.1) is 0 Å². The van der Waals surface area contributed by atoms with Crippen molar-refractivity contribution >= 4 is 15.7 Å². The molecule has 2 aliphatic heterocycles. The highest BCUT2D eigenvalue weighted by molar-refractivity contribution is 7.91. The molecule has 1 N–H and O–H groups in total. The molecule has 0 aromatic rings. The Morgan fingerprint density at radius 2 is 2.12 bits per heavy atom. The normalized spacial score (nSPS) is 32.6. The molecule has 2 fully saturated rings. The molecule has 0 saturated carbocycles. The van der Waals surface area contributed by atoms with Gasteiger partial charge < -0.3 is 10.0 Å². The molecule has 2 heterocycles. The van der Waals surface area contributed by atoms with Crippen molar-refractivity contribution in [3.63, 3.8) is 0 Å². The number of piperidine rings is 1. The first-order chi connectivity index (χ1) is 8.02. The number of hydrogen-bond donors (Lipinski definition) is 1. The van der Waals surface area contributed by atoms with Crippen LogP contribution in [0.15, 0.2) is 0 Å². The summed E-state index contributed by atoms with van der Waals surface area (Å²) in [4.78, 5) is 13.9. The van der Waals surface area contributed by atoms with Gasteiger partial charge in [-0.25, -0.2) is 8.42 Å². The second kappa shape index (κ2) is 4.94. The van der Waals surface area contributed by atoms with E-state index in [1.165, 1.54) is 0 Å². The standard InChI is InChI=1S/C11H19NO4S/c13-7-9-2-1-4-12(6-9)11(14)10-3-5-17(15,16)8-10/h9-10,13H,1-8H2. The molecular weight excluding hydrogens is 242 g/mol. The number of likely N-dealkylation sites (tertiary alicyclic amines) is 1. The van der Waals surface area contributed by atoms with Crippen molar-refractivity contribution in [3.05, 3.63) is 0 Å². The fourth-order valence-electron chi connectivity index (χ4n) is 2.66. The van der Waals surface area contributed by atoms with Gasteiger partial charge in [-0.05, 0) is 25.2 Å². The van der Waals surface area contributed by atoms with E-state index in [2.05, 4.69) is 0 Å². The van der Waals surface area contributed by atoms with E-state index in [-0.39, 0.29) is 35.9 Å². The van der Waals surface area contributed by atoms with Gasteiger partial charge >= 0.3 is 0 Å². The van der Waals surface area contributed by atoms with Crippen molar-refractivity contribution in [2.24, 2.45) is 11.8 Å². The molecule has 2 atom stereocenters. The Hall–Kier alpha value is -0.620. The minimum atomic E-state index is -3.00. The zero-order valence-electron chi connectivity index (χ0n) is 9.84. The molecule has 0 aliphatic carbocycles.